The van der Waals surface area contributed by atoms with Gasteiger partial charge < -0.3 is 18.6 Å². The third kappa shape index (κ3) is 5.77. The van der Waals surface area contributed by atoms with Crippen LogP contribution in [0.4, 0.5) is 34.1 Å². The summed E-state index contributed by atoms with van der Waals surface area (Å²) in [5.41, 5.74) is 17.3. The van der Waals surface area contributed by atoms with Crippen molar-refractivity contribution < 1.29 is 8.83 Å². The highest BCUT2D eigenvalue weighted by atomic mass is 16.3. The van der Waals surface area contributed by atoms with Crippen LogP contribution >= 0.6 is 0 Å². The second kappa shape index (κ2) is 14.9. The van der Waals surface area contributed by atoms with E-state index >= 15 is 0 Å². The van der Waals surface area contributed by atoms with Crippen molar-refractivity contribution in [1.82, 2.24) is 0 Å². The monoisotopic (exact) mass is 900 g/mol. The second-order valence-electron chi connectivity index (χ2n) is 19.6. The smallest absolute Gasteiger partial charge is 0.159 e. The minimum absolute atomic E-state index is 0.869. The third-order valence-corrected chi connectivity index (χ3v) is 15.0. The maximum absolute atomic E-state index is 7.01. The first-order chi connectivity index (χ1) is 34.2. The fraction of sp³-hybridized carbons (Fsp3) is 0.0909. The molecule has 0 atom stereocenters. The van der Waals surface area contributed by atoms with Gasteiger partial charge >= 0.3 is 0 Å². The Hall–Kier alpha value is -8.60. The standard InChI is InChI=1S/C66H48N2O2/c1-37-33-39(3)63(40(4)34-37)67(55-19-11-17-51-61-47-15-9-7-13-43(47)25-31-57(61)69-65(51)55)53-29-23-45-22-28-50-54(30-24-46-21-27-49(53)59(45)60(46)50)68(64-41(5)35-38(2)36-42(64)6)56-20-12-18-52-62-48-16-10-8-14-44(48)26-32-58(62)70-66(52)56/h7-36H,1-6H3. The molecule has 0 spiro atoms. The normalized spacial score (nSPS) is 12.1. The van der Waals surface area contributed by atoms with Crippen LogP contribution in [-0.4, -0.2) is 0 Å². The van der Waals surface area contributed by atoms with Crippen molar-refractivity contribution in [3.05, 3.63) is 215 Å². The van der Waals surface area contributed by atoms with E-state index in [1.54, 1.807) is 0 Å². The number of hydrogen-bond acceptors (Lipinski definition) is 4. The van der Waals surface area contributed by atoms with Crippen molar-refractivity contribution in [1.29, 1.82) is 0 Å². The highest BCUT2D eigenvalue weighted by Crippen LogP contribution is 2.52. The summed E-state index contributed by atoms with van der Waals surface area (Å²) in [5.74, 6) is 0. The highest BCUT2D eigenvalue weighted by Gasteiger charge is 2.28. The zero-order chi connectivity index (χ0) is 47.1. The van der Waals surface area contributed by atoms with Gasteiger partial charge in [0.25, 0.3) is 0 Å². The SMILES string of the molecule is Cc1cc(C)c(N(c2ccc3ccc4c(N(c5c(C)cc(C)cc5C)c5cccc6c5oc5ccc7ccccc7c56)ccc5ccc2c3c54)c2cccc3c2oc2ccc4ccccc4c23)c(C)c1. The van der Waals surface area contributed by atoms with Crippen molar-refractivity contribution in [3.8, 4) is 0 Å². The van der Waals surface area contributed by atoms with Gasteiger partial charge in [-0.25, -0.2) is 0 Å². The second-order valence-corrected chi connectivity index (χ2v) is 19.6. The molecule has 12 aromatic carbocycles. The Labute approximate surface area is 405 Å². The Bertz CT molecular complexity index is 4180. The van der Waals surface area contributed by atoms with Crippen LogP contribution < -0.4 is 9.80 Å². The molecule has 0 N–H and O–H groups in total. The average molecular weight is 901 g/mol. The number of hydrogen-bond donors (Lipinski definition) is 0. The molecule has 0 unspecified atom stereocenters. The van der Waals surface area contributed by atoms with Crippen LogP contribution in [0.5, 0.6) is 0 Å². The lowest BCUT2D eigenvalue weighted by Crippen LogP contribution is -2.14. The lowest BCUT2D eigenvalue weighted by Gasteiger charge is -2.32. The number of nitrogens with zero attached hydrogens (tertiary/aromatic N) is 2. The molecule has 0 amide bonds. The molecule has 14 rings (SSSR count). The van der Waals surface area contributed by atoms with Crippen LogP contribution in [0, 0.1) is 41.5 Å². The number of para-hydroxylation sites is 2. The van der Waals surface area contributed by atoms with E-state index in [1.165, 1.54) is 87.2 Å². The first kappa shape index (κ1) is 40.5. The number of benzene rings is 12. The van der Waals surface area contributed by atoms with E-state index in [0.29, 0.717) is 0 Å². The quantitative estimate of drug-likeness (QED) is 0.156. The van der Waals surface area contributed by atoms with Gasteiger partial charge in [-0.1, -0.05) is 157 Å². The van der Waals surface area contributed by atoms with E-state index in [-0.39, 0.29) is 0 Å². The molecule has 0 bridgehead atoms. The minimum atomic E-state index is 0.869. The van der Waals surface area contributed by atoms with Gasteiger partial charge in [-0.05, 0) is 143 Å². The summed E-state index contributed by atoms with van der Waals surface area (Å²) in [7, 11) is 0. The zero-order valence-electron chi connectivity index (χ0n) is 40.0. The van der Waals surface area contributed by atoms with E-state index in [1.807, 2.05) is 0 Å². The van der Waals surface area contributed by atoms with Gasteiger partial charge in [0.1, 0.15) is 11.2 Å². The van der Waals surface area contributed by atoms with Crippen LogP contribution in [0.3, 0.4) is 0 Å². The Kier molecular flexibility index (Phi) is 8.64. The van der Waals surface area contributed by atoms with Gasteiger partial charge in [0.05, 0.1) is 34.1 Å². The minimum Gasteiger partial charge on any atom is -0.454 e. The first-order valence-corrected chi connectivity index (χ1v) is 24.3. The van der Waals surface area contributed by atoms with Gasteiger partial charge in [0.2, 0.25) is 0 Å². The predicted octanol–water partition coefficient (Wildman–Crippen LogP) is 19.5. The molecule has 0 saturated carbocycles. The fourth-order valence-electron chi connectivity index (χ4n) is 12.4. The number of fused-ring (bicyclic) bond motifs is 10. The summed E-state index contributed by atoms with van der Waals surface area (Å²) in [6.07, 6.45) is 0. The lowest BCUT2D eigenvalue weighted by molar-refractivity contribution is 0.669. The molecular formula is C66H48N2O2. The van der Waals surface area contributed by atoms with E-state index in [9.17, 15) is 0 Å². The Balaban J connectivity index is 1.06. The van der Waals surface area contributed by atoms with E-state index < -0.39 is 0 Å². The molecule has 70 heavy (non-hydrogen) atoms. The summed E-state index contributed by atoms with van der Waals surface area (Å²) in [5, 5.41) is 16.5. The average Bonchev–Trinajstić information content (AvgIpc) is 3.95. The van der Waals surface area contributed by atoms with Gasteiger partial charge in [-0.15, -0.1) is 0 Å². The van der Waals surface area contributed by atoms with Crippen molar-refractivity contribution in [2.45, 2.75) is 41.5 Å². The Morgan fingerprint density at radius 1 is 0.286 bits per heavy atom. The van der Waals surface area contributed by atoms with Crippen molar-refractivity contribution in [3.63, 3.8) is 0 Å². The largest absolute Gasteiger partial charge is 0.454 e. The molecule has 4 heteroatoms. The van der Waals surface area contributed by atoms with Gasteiger partial charge in [0, 0.05) is 32.3 Å². The van der Waals surface area contributed by atoms with Crippen LogP contribution in [0.25, 0.3) is 97.7 Å². The molecule has 4 nitrogen and oxygen atoms in total. The lowest BCUT2D eigenvalue weighted by atomic mass is 9.91. The summed E-state index contributed by atoms with van der Waals surface area (Å²) < 4.78 is 14.0. The van der Waals surface area contributed by atoms with Crippen LogP contribution in [0.2, 0.25) is 0 Å². The predicted molar refractivity (Wildman–Crippen MR) is 298 cm³/mol. The zero-order valence-corrected chi connectivity index (χ0v) is 40.0. The van der Waals surface area contributed by atoms with Crippen LogP contribution in [-0.2, 0) is 0 Å². The molecule has 334 valence electrons. The Morgan fingerprint density at radius 3 is 1.09 bits per heavy atom. The molecule has 0 fully saturated rings. The molecule has 2 heterocycles. The maximum atomic E-state index is 7.01. The molecule has 0 saturated heterocycles. The maximum Gasteiger partial charge on any atom is 0.159 e. The number of aryl methyl sites for hydroxylation is 6. The number of rotatable bonds is 6. The van der Waals surface area contributed by atoms with E-state index in [4.69, 9.17) is 8.83 Å². The molecular weight excluding hydrogens is 853 g/mol. The van der Waals surface area contributed by atoms with Crippen LogP contribution in [0.1, 0.15) is 33.4 Å². The Morgan fingerprint density at radius 2 is 0.657 bits per heavy atom. The van der Waals surface area contributed by atoms with Gasteiger partial charge in [-0.2, -0.15) is 0 Å². The molecule has 14 aromatic rings. The molecule has 0 aliphatic carbocycles. The van der Waals surface area contributed by atoms with Gasteiger partial charge in [0.15, 0.2) is 11.2 Å². The van der Waals surface area contributed by atoms with E-state index in [2.05, 4.69) is 233 Å². The van der Waals surface area contributed by atoms with E-state index in [0.717, 1.165) is 78.0 Å². The molecule has 0 aliphatic rings. The third-order valence-electron chi connectivity index (χ3n) is 15.0. The number of anilines is 6. The first-order valence-electron chi connectivity index (χ1n) is 24.3. The summed E-state index contributed by atoms with van der Waals surface area (Å²) >= 11 is 0. The number of furan rings is 2. The van der Waals surface area contributed by atoms with Crippen molar-refractivity contribution in [2.75, 3.05) is 9.80 Å². The van der Waals surface area contributed by atoms with Crippen LogP contribution in [0.15, 0.2) is 191 Å². The molecule has 0 radical (unpaired) electrons. The van der Waals surface area contributed by atoms with Crippen molar-refractivity contribution in [2.24, 2.45) is 0 Å². The topological polar surface area (TPSA) is 32.8 Å². The summed E-state index contributed by atoms with van der Waals surface area (Å²) in [6, 6.07) is 66.9. The highest BCUT2D eigenvalue weighted by molar-refractivity contribution is 6.29. The fourth-order valence-corrected chi connectivity index (χ4v) is 12.4. The summed E-state index contributed by atoms with van der Waals surface area (Å²) in [6.45, 7) is 13.3. The summed E-state index contributed by atoms with van der Waals surface area (Å²) in [4.78, 5) is 4.95. The van der Waals surface area contributed by atoms with Crippen molar-refractivity contribution >= 4 is 132 Å². The van der Waals surface area contributed by atoms with Gasteiger partial charge in [-0.3, -0.25) is 0 Å². The molecule has 2 aromatic heterocycles. The molecule has 0 aliphatic heterocycles.